The molecule has 0 fully saturated rings. The van der Waals surface area contributed by atoms with Crippen molar-refractivity contribution in [1.82, 2.24) is 0 Å². The topological polar surface area (TPSA) is 37.3 Å². The number of hydrogen-bond acceptors (Lipinski definition) is 2. The molecule has 2 nitrogen and oxygen atoms in total. The van der Waals surface area contributed by atoms with Crippen molar-refractivity contribution in [2.24, 2.45) is 0 Å². The molecule has 0 saturated carbocycles. The minimum absolute atomic E-state index is 0.277. The van der Waals surface area contributed by atoms with Crippen molar-refractivity contribution in [3.8, 4) is 0 Å². The van der Waals surface area contributed by atoms with Gasteiger partial charge in [0.15, 0.2) is 0 Å². The van der Waals surface area contributed by atoms with Crippen LogP contribution >= 0.6 is 11.8 Å². The van der Waals surface area contributed by atoms with E-state index in [0.29, 0.717) is 10.6 Å². The fourth-order valence-electron chi connectivity index (χ4n) is 1.71. The van der Waals surface area contributed by atoms with E-state index in [2.05, 4.69) is 0 Å². The zero-order valence-electron chi connectivity index (χ0n) is 10.4. The van der Waals surface area contributed by atoms with Gasteiger partial charge in [0.2, 0.25) is 0 Å². The second-order valence-electron chi connectivity index (χ2n) is 4.22. The predicted octanol–water partition coefficient (Wildman–Crippen LogP) is 4.12. The van der Waals surface area contributed by atoms with Crippen LogP contribution < -0.4 is 0 Å². The quantitative estimate of drug-likeness (QED) is 0.853. The molecule has 2 rings (SSSR count). The number of aryl methyl sites for hydroxylation is 1. The lowest BCUT2D eigenvalue weighted by molar-refractivity contribution is 0.0693. The minimum atomic E-state index is -0.943. The first-order valence-electron chi connectivity index (χ1n) is 5.77. The molecule has 4 heteroatoms. The monoisotopic (exact) mass is 276 g/mol. The van der Waals surface area contributed by atoms with Crippen LogP contribution in [0.25, 0.3) is 0 Å². The Kier molecular flexibility index (Phi) is 4.22. The van der Waals surface area contributed by atoms with Crippen LogP contribution in [0.5, 0.6) is 0 Å². The van der Waals surface area contributed by atoms with Crippen molar-refractivity contribution in [3.05, 3.63) is 65.0 Å². The van der Waals surface area contributed by atoms with E-state index in [0.717, 1.165) is 11.1 Å². The number of rotatable bonds is 4. The third kappa shape index (κ3) is 3.58. The van der Waals surface area contributed by atoms with E-state index < -0.39 is 5.97 Å². The van der Waals surface area contributed by atoms with E-state index >= 15 is 0 Å². The van der Waals surface area contributed by atoms with Gasteiger partial charge in [-0.3, -0.25) is 0 Å². The van der Waals surface area contributed by atoms with Crippen LogP contribution in [0.4, 0.5) is 4.39 Å². The Labute approximate surface area is 115 Å². The van der Waals surface area contributed by atoms with E-state index in [-0.39, 0.29) is 11.4 Å². The Morgan fingerprint density at radius 2 is 2.05 bits per heavy atom. The smallest absolute Gasteiger partial charge is 0.336 e. The van der Waals surface area contributed by atoms with Crippen molar-refractivity contribution in [3.63, 3.8) is 0 Å². The molecule has 19 heavy (non-hydrogen) atoms. The molecule has 0 amide bonds. The Balaban J connectivity index is 2.19. The average Bonchev–Trinajstić information content (AvgIpc) is 2.36. The molecule has 2 aromatic rings. The summed E-state index contributed by atoms with van der Waals surface area (Å²) in [5.41, 5.74) is 2.13. The number of aromatic carboxylic acids is 1. The largest absolute Gasteiger partial charge is 0.478 e. The van der Waals surface area contributed by atoms with Crippen LogP contribution in [-0.4, -0.2) is 11.1 Å². The first kappa shape index (κ1) is 13.6. The highest BCUT2D eigenvalue weighted by atomic mass is 32.2. The molecule has 0 heterocycles. The van der Waals surface area contributed by atoms with Gasteiger partial charge in [-0.2, -0.15) is 0 Å². The molecule has 0 radical (unpaired) electrons. The number of carboxylic acid groups (broad SMARTS) is 1. The third-order valence-corrected chi connectivity index (χ3v) is 3.78. The summed E-state index contributed by atoms with van der Waals surface area (Å²) in [6.45, 7) is 1.91. The van der Waals surface area contributed by atoms with Gasteiger partial charge in [0.1, 0.15) is 5.82 Å². The van der Waals surface area contributed by atoms with Gasteiger partial charge in [-0.1, -0.05) is 18.2 Å². The summed E-state index contributed by atoms with van der Waals surface area (Å²) in [7, 11) is 0. The van der Waals surface area contributed by atoms with Crippen LogP contribution in [0.3, 0.4) is 0 Å². The molecule has 0 aromatic heterocycles. The fraction of sp³-hybridized carbons (Fsp3) is 0.133. The molecule has 0 atom stereocenters. The maximum atomic E-state index is 13.1. The number of carboxylic acids is 1. The number of hydrogen-bond donors (Lipinski definition) is 1. The van der Waals surface area contributed by atoms with E-state index in [1.54, 1.807) is 18.2 Å². The second kappa shape index (κ2) is 5.89. The Hall–Kier alpha value is -1.81. The van der Waals surface area contributed by atoms with Crippen molar-refractivity contribution >= 4 is 17.7 Å². The van der Waals surface area contributed by atoms with Gasteiger partial charge in [0, 0.05) is 10.6 Å². The second-order valence-corrected chi connectivity index (χ2v) is 5.24. The van der Waals surface area contributed by atoms with Crippen molar-refractivity contribution in [1.29, 1.82) is 0 Å². The summed E-state index contributed by atoms with van der Waals surface area (Å²) in [5.74, 6) is -0.677. The van der Waals surface area contributed by atoms with Gasteiger partial charge in [-0.25, -0.2) is 9.18 Å². The summed E-state index contributed by atoms with van der Waals surface area (Å²) in [4.78, 5) is 11.8. The summed E-state index contributed by atoms with van der Waals surface area (Å²) >= 11 is 1.40. The van der Waals surface area contributed by atoms with Crippen molar-refractivity contribution in [2.45, 2.75) is 17.6 Å². The van der Waals surface area contributed by atoms with Gasteiger partial charge in [0.05, 0.1) is 5.56 Å². The van der Waals surface area contributed by atoms with Crippen LogP contribution in [0.15, 0.2) is 47.4 Å². The Morgan fingerprint density at radius 3 is 2.74 bits per heavy atom. The number of benzene rings is 2. The van der Waals surface area contributed by atoms with E-state index in [4.69, 9.17) is 5.11 Å². The maximum Gasteiger partial charge on any atom is 0.336 e. The molecule has 0 saturated heterocycles. The zero-order valence-corrected chi connectivity index (χ0v) is 11.2. The van der Waals surface area contributed by atoms with Gasteiger partial charge < -0.3 is 5.11 Å². The molecule has 0 spiro atoms. The lowest BCUT2D eigenvalue weighted by Gasteiger charge is -2.07. The van der Waals surface area contributed by atoms with Crippen LogP contribution in [-0.2, 0) is 5.75 Å². The molecule has 98 valence electrons. The van der Waals surface area contributed by atoms with Crippen LogP contribution in [0, 0.1) is 12.7 Å². The molecule has 2 aromatic carbocycles. The van der Waals surface area contributed by atoms with E-state index in [1.807, 2.05) is 19.1 Å². The number of thioether (sulfide) groups is 1. The van der Waals surface area contributed by atoms with Crippen LogP contribution in [0.2, 0.25) is 0 Å². The summed E-state index contributed by atoms with van der Waals surface area (Å²) in [5, 5.41) is 9.12. The van der Waals surface area contributed by atoms with Gasteiger partial charge >= 0.3 is 5.97 Å². The fourth-order valence-corrected chi connectivity index (χ4v) is 2.80. The van der Waals surface area contributed by atoms with E-state index in [1.165, 1.54) is 23.9 Å². The van der Waals surface area contributed by atoms with Gasteiger partial charge in [-0.15, -0.1) is 11.8 Å². The predicted molar refractivity (Wildman–Crippen MR) is 74.1 cm³/mol. The normalized spacial score (nSPS) is 10.4. The number of carbonyl (C=O) groups is 1. The molecule has 0 aliphatic rings. The first-order valence-corrected chi connectivity index (χ1v) is 6.76. The lowest BCUT2D eigenvalue weighted by Crippen LogP contribution is -1.99. The third-order valence-electron chi connectivity index (χ3n) is 2.65. The highest BCUT2D eigenvalue weighted by Crippen LogP contribution is 2.27. The Morgan fingerprint density at radius 1 is 1.26 bits per heavy atom. The number of halogens is 1. The van der Waals surface area contributed by atoms with Crippen LogP contribution in [0.1, 0.15) is 21.5 Å². The summed E-state index contributed by atoms with van der Waals surface area (Å²) < 4.78 is 13.1. The van der Waals surface area contributed by atoms with Crippen molar-refractivity contribution in [2.75, 3.05) is 0 Å². The summed E-state index contributed by atoms with van der Waals surface area (Å²) in [6.07, 6.45) is 0. The SMILES string of the molecule is Cc1ccc(C(=O)O)c(SCc2cccc(F)c2)c1. The molecular formula is C15H13FO2S. The van der Waals surface area contributed by atoms with Crippen molar-refractivity contribution < 1.29 is 14.3 Å². The highest BCUT2D eigenvalue weighted by Gasteiger charge is 2.10. The molecule has 0 bridgehead atoms. The first-order chi connectivity index (χ1) is 9.06. The van der Waals surface area contributed by atoms with E-state index in [9.17, 15) is 9.18 Å². The van der Waals surface area contributed by atoms with Gasteiger partial charge in [-0.05, 0) is 42.3 Å². The highest BCUT2D eigenvalue weighted by molar-refractivity contribution is 7.98. The summed E-state index contributed by atoms with van der Waals surface area (Å²) in [6, 6.07) is 11.5. The standard InChI is InChI=1S/C15H13FO2S/c1-10-5-6-13(15(17)18)14(7-10)19-9-11-3-2-4-12(16)8-11/h2-8H,9H2,1H3,(H,17,18). The average molecular weight is 276 g/mol. The Bertz CT molecular complexity index is 611. The molecule has 1 N–H and O–H groups in total. The minimum Gasteiger partial charge on any atom is -0.478 e. The molecule has 0 unspecified atom stereocenters. The zero-order chi connectivity index (χ0) is 13.8. The van der Waals surface area contributed by atoms with Gasteiger partial charge in [0.25, 0.3) is 0 Å². The molecular weight excluding hydrogens is 263 g/mol. The molecule has 0 aliphatic heterocycles. The maximum absolute atomic E-state index is 13.1. The molecule has 0 aliphatic carbocycles. The lowest BCUT2D eigenvalue weighted by atomic mass is 10.1.